The Hall–Kier alpha value is -3.16. The third-order valence-corrected chi connectivity index (χ3v) is 3.00. The fourth-order valence-electron chi connectivity index (χ4n) is 2.02. The molecule has 0 radical (unpaired) electrons. The monoisotopic (exact) mass is 331 g/mol. The molecule has 0 saturated heterocycles. The van der Waals surface area contributed by atoms with Crippen molar-refractivity contribution in [2.45, 2.75) is 13.8 Å². The zero-order valence-corrected chi connectivity index (χ0v) is 13.3. The van der Waals surface area contributed by atoms with Crippen molar-refractivity contribution in [1.29, 1.82) is 0 Å². The van der Waals surface area contributed by atoms with Crippen LogP contribution in [-0.4, -0.2) is 29.0 Å². The van der Waals surface area contributed by atoms with Gasteiger partial charge < -0.3 is 14.8 Å². The van der Waals surface area contributed by atoms with E-state index in [-0.39, 0.29) is 22.8 Å². The van der Waals surface area contributed by atoms with E-state index in [9.17, 15) is 14.9 Å². The van der Waals surface area contributed by atoms with Gasteiger partial charge in [0.15, 0.2) is 11.5 Å². The SMILES string of the molecule is CCOc1cc(NC(=O)c2ccccn2)c([N+](=O)[O-])cc1OCC. The van der Waals surface area contributed by atoms with Gasteiger partial charge in [-0.1, -0.05) is 6.07 Å². The van der Waals surface area contributed by atoms with Crippen molar-refractivity contribution in [1.82, 2.24) is 4.98 Å². The van der Waals surface area contributed by atoms with Crippen LogP contribution >= 0.6 is 0 Å². The van der Waals surface area contributed by atoms with E-state index in [0.717, 1.165) is 0 Å². The standard InChI is InChI=1S/C16H17N3O5/c1-3-23-14-9-12(13(19(21)22)10-15(14)24-4-2)18-16(20)11-7-5-6-8-17-11/h5-10H,3-4H2,1-2H3,(H,18,20). The molecule has 1 aromatic heterocycles. The topological polar surface area (TPSA) is 104 Å². The number of amides is 1. The van der Waals surface area contributed by atoms with E-state index in [1.54, 1.807) is 26.0 Å². The Bertz CT molecular complexity index is 734. The van der Waals surface area contributed by atoms with Crippen molar-refractivity contribution >= 4 is 17.3 Å². The minimum Gasteiger partial charge on any atom is -0.490 e. The molecule has 126 valence electrons. The molecular weight excluding hydrogens is 314 g/mol. The molecule has 1 heterocycles. The normalized spacial score (nSPS) is 10.1. The third-order valence-electron chi connectivity index (χ3n) is 3.00. The molecule has 1 amide bonds. The van der Waals surface area contributed by atoms with Crippen molar-refractivity contribution in [2.24, 2.45) is 0 Å². The Morgan fingerprint density at radius 2 is 1.88 bits per heavy atom. The maximum atomic E-state index is 12.2. The number of nitrogens with zero attached hydrogens (tertiary/aromatic N) is 2. The second kappa shape index (κ2) is 7.91. The van der Waals surface area contributed by atoms with Gasteiger partial charge in [-0.05, 0) is 26.0 Å². The van der Waals surface area contributed by atoms with E-state index in [4.69, 9.17) is 9.47 Å². The number of carbonyl (C=O) groups excluding carboxylic acids is 1. The van der Waals surface area contributed by atoms with Crippen molar-refractivity contribution in [3.63, 3.8) is 0 Å². The first-order chi connectivity index (χ1) is 11.6. The number of aromatic nitrogens is 1. The number of nitro benzene ring substituents is 1. The van der Waals surface area contributed by atoms with Crippen LogP contribution in [0.5, 0.6) is 11.5 Å². The predicted molar refractivity (Wildman–Crippen MR) is 87.6 cm³/mol. The van der Waals surface area contributed by atoms with E-state index in [1.807, 2.05) is 0 Å². The summed E-state index contributed by atoms with van der Waals surface area (Å²) in [4.78, 5) is 26.8. The highest BCUT2D eigenvalue weighted by atomic mass is 16.6. The molecule has 0 spiro atoms. The molecule has 1 N–H and O–H groups in total. The molecule has 0 atom stereocenters. The molecule has 1 aromatic carbocycles. The number of nitro groups is 1. The average molecular weight is 331 g/mol. The largest absolute Gasteiger partial charge is 0.490 e. The van der Waals surface area contributed by atoms with Gasteiger partial charge >= 0.3 is 0 Å². The number of hydrogen-bond acceptors (Lipinski definition) is 6. The van der Waals surface area contributed by atoms with E-state index < -0.39 is 10.8 Å². The third kappa shape index (κ3) is 3.97. The minimum atomic E-state index is -0.591. The van der Waals surface area contributed by atoms with Gasteiger partial charge in [0.05, 0.1) is 24.2 Å². The first-order valence-corrected chi connectivity index (χ1v) is 7.37. The maximum absolute atomic E-state index is 12.2. The molecule has 0 aliphatic carbocycles. The molecule has 0 fully saturated rings. The highest BCUT2D eigenvalue weighted by Gasteiger charge is 2.22. The summed E-state index contributed by atoms with van der Waals surface area (Å²) in [6.07, 6.45) is 1.47. The van der Waals surface area contributed by atoms with E-state index >= 15 is 0 Å². The summed E-state index contributed by atoms with van der Waals surface area (Å²) in [5.41, 5.74) is -0.118. The summed E-state index contributed by atoms with van der Waals surface area (Å²) in [5.74, 6) is 0.0217. The number of carbonyl (C=O) groups is 1. The lowest BCUT2D eigenvalue weighted by atomic mass is 10.2. The van der Waals surface area contributed by atoms with Crippen LogP contribution in [0.4, 0.5) is 11.4 Å². The summed E-state index contributed by atoms with van der Waals surface area (Å²) < 4.78 is 10.8. The summed E-state index contributed by atoms with van der Waals surface area (Å²) in [6, 6.07) is 7.46. The average Bonchev–Trinajstić information content (AvgIpc) is 2.58. The van der Waals surface area contributed by atoms with Crippen LogP contribution in [0.25, 0.3) is 0 Å². The number of rotatable bonds is 7. The first-order valence-electron chi connectivity index (χ1n) is 7.37. The number of hydrogen-bond donors (Lipinski definition) is 1. The lowest BCUT2D eigenvalue weighted by Gasteiger charge is -2.13. The van der Waals surface area contributed by atoms with Gasteiger partial charge in [0, 0.05) is 12.3 Å². The predicted octanol–water partition coefficient (Wildman–Crippen LogP) is 3.04. The maximum Gasteiger partial charge on any atom is 0.296 e. The Morgan fingerprint density at radius 3 is 2.42 bits per heavy atom. The summed E-state index contributed by atoms with van der Waals surface area (Å²) in [7, 11) is 0. The highest BCUT2D eigenvalue weighted by molar-refractivity contribution is 6.04. The molecule has 0 unspecified atom stereocenters. The number of pyridine rings is 1. The zero-order valence-electron chi connectivity index (χ0n) is 13.3. The Labute approximate surface area is 138 Å². The van der Waals surface area contributed by atoms with Crippen molar-refractivity contribution in [2.75, 3.05) is 18.5 Å². The number of nitrogens with one attached hydrogen (secondary N) is 1. The first kappa shape index (κ1) is 17.2. The molecule has 2 rings (SSSR count). The number of anilines is 1. The fraction of sp³-hybridized carbons (Fsp3) is 0.250. The molecule has 24 heavy (non-hydrogen) atoms. The smallest absolute Gasteiger partial charge is 0.296 e. The van der Waals surface area contributed by atoms with Gasteiger partial charge in [-0.25, -0.2) is 0 Å². The van der Waals surface area contributed by atoms with Crippen LogP contribution in [0.3, 0.4) is 0 Å². The number of benzene rings is 1. The quantitative estimate of drug-likeness (QED) is 0.618. The molecule has 8 nitrogen and oxygen atoms in total. The van der Waals surface area contributed by atoms with Crippen LogP contribution in [0, 0.1) is 10.1 Å². The molecule has 8 heteroatoms. The van der Waals surface area contributed by atoms with Crippen molar-refractivity contribution < 1.29 is 19.2 Å². The lowest BCUT2D eigenvalue weighted by molar-refractivity contribution is -0.384. The van der Waals surface area contributed by atoms with Gasteiger partial charge in [0.1, 0.15) is 11.4 Å². The molecule has 0 aliphatic heterocycles. The molecular formula is C16H17N3O5. The molecule has 0 aliphatic rings. The molecule has 0 saturated carbocycles. The van der Waals surface area contributed by atoms with Crippen LogP contribution < -0.4 is 14.8 Å². The van der Waals surface area contributed by atoms with Gasteiger partial charge in [-0.2, -0.15) is 0 Å². The van der Waals surface area contributed by atoms with E-state index in [1.165, 1.54) is 24.4 Å². The highest BCUT2D eigenvalue weighted by Crippen LogP contribution is 2.38. The van der Waals surface area contributed by atoms with E-state index in [2.05, 4.69) is 10.3 Å². The molecule has 2 aromatic rings. The number of ether oxygens (including phenoxy) is 2. The van der Waals surface area contributed by atoms with Gasteiger partial charge in [0.2, 0.25) is 0 Å². The molecule has 0 bridgehead atoms. The fourth-order valence-corrected chi connectivity index (χ4v) is 2.02. The van der Waals surface area contributed by atoms with E-state index in [0.29, 0.717) is 19.0 Å². The Morgan fingerprint density at radius 1 is 1.21 bits per heavy atom. The van der Waals surface area contributed by atoms with Crippen LogP contribution in [0.15, 0.2) is 36.5 Å². The van der Waals surface area contributed by atoms with Gasteiger partial charge in [-0.3, -0.25) is 19.9 Å². The zero-order chi connectivity index (χ0) is 17.5. The van der Waals surface area contributed by atoms with Crippen LogP contribution in [0.2, 0.25) is 0 Å². The second-order valence-electron chi connectivity index (χ2n) is 4.61. The van der Waals surface area contributed by atoms with Crippen LogP contribution in [-0.2, 0) is 0 Å². The summed E-state index contributed by atoms with van der Waals surface area (Å²) in [5, 5.41) is 13.8. The summed E-state index contributed by atoms with van der Waals surface area (Å²) in [6.45, 7) is 4.23. The Kier molecular flexibility index (Phi) is 5.67. The van der Waals surface area contributed by atoms with Crippen LogP contribution in [0.1, 0.15) is 24.3 Å². The van der Waals surface area contributed by atoms with Crippen molar-refractivity contribution in [3.8, 4) is 11.5 Å². The second-order valence-corrected chi connectivity index (χ2v) is 4.61. The van der Waals surface area contributed by atoms with Gasteiger partial charge in [0.25, 0.3) is 11.6 Å². The Balaban J connectivity index is 2.41. The summed E-state index contributed by atoms with van der Waals surface area (Å²) >= 11 is 0. The van der Waals surface area contributed by atoms with Crippen molar-refractivity contribution in [3.05, 3.63) is 52.3 Å². The van der Waals surface area contributed by atoms with Gasteiger partial charge in [-0.15, -0.1) is 0 Å². The minimum absolute atomic E-state index is 0.0163. The lowest BCUT2D eigenvalue weighted by Crippen LogP contribution is -2.15.